The van der Waals surface area contributed by atoms with Gasteiger partial charge >= 0.3 is 0 Å². The van der Waals surface area contributed by atoms with Gasteiger partial charge < -0.3 is 14.4 Å². The molecule has 2 saturated heterocycles. The average molecular weight is 423 g/mol. The molecule has 0 spiro atoms. The van der Waals surface area contributed by atoms with Crippen molar-refractivity contribution in [3.05, 3.63) is 49.1 Å². The van der Waals surface area contributed by atoms with Gasteiger partial charge in [0.1, 0.15) is 11.9 Å². The molecule has 2 aliphatic heterocycles. The van der Waals surface area contributed by atoms with Crippen molar-refractivity contribution in [2.24, 2.45) is 0 Å². The normalized spacial score (nSPS) is 30.5. The van der Waals surface area contributed by atoms with Gasteiger partial charge in [-0.2, -0.15) is 0 Å². The number of aromatic nitrogens is 4. The van der Waals surface area contributed by atoms with E-state index in [0.717, 1.165) is 18.5 Å². The van der Waals surface area contributed by atoms with E-state index < -0.39 is 17.8 Å². The van der Waals surface area contributed by atoms with E-state index in [-0.39, 0.29) is 11.3 Å². The lowest BCUT2D eigenvalue weighted by Crippen LogP contribution is -2.64. The van der Waals surface area contributed by atoms with Crippen LogP contribution in [0.3, 0.4) is 0 Å². The molecule has 31 heavy (non-hydrogen) atoms. The predicted octanol–water partition coefficient (Wildman–Crippen LogP) is 3.77. The topological polar surface area (TPSA) is 76.3 Å². The van der Waals surface area contributed by atoms with E-state index in [9.17, 15) is 5.11 Å². The van der Waals surface area contributed by atoms with Crippen LogP contribution in [0.15, 0.2) is 49.1 Å². The number of alkyl halides is 1. The van der Waals surface area contributed by atoms with Crippen molar-refractivity contribution in [3.8, 4) is 28.6 Å². The van der Waals surface area contributed by atoms with Crippen LogP contribution in [0.25, 0.3) is 16.9 Å². The van der Waals surface area contributed by atoms with Crippen LogP contribution in [0.1, 0.15) is 33.1 Å². The van der Waals surface area contributed by atoms with Crippen molar-refractivity contribution >= 4 is 0 Å². The largest absolute Gasteiger partial charge is 0.507 e. The van der Waals surface area contributed by atoms with Gasteiger partial charge in [0.05, 0.1) is 23.2 Å². The van der Waals surface area contributed by atoms with E-state index in [2.05, 4.69) is 27.0 Å². The van der Waals surface area contributed by atoms with Gasteiger partial charge in [0, 0.05) is 42.0 Å². The van der Waals surface area contributed by atoms with Gasteiger partial charge in [-0.25, -0.2) is 9.37 Å². The van der Waals surface area contributed by atoms with E-state index >= 15 is 4.39 Å². The molecule has 0 amide bonds. The predicted molar refractivity (Wildman–Crippen MR) is 114 cm³/mol. The quantitative estimate of drug-likeness (QED) is 0.689. The summed E-state index contributed by atoms with van der Waals surface area (Å²) in [6.07, 6.45) is 5.86. The van der Waals surface area contributed by atoms with Crippen molar-refractivity contribution in [2.45, 2.75) is 56.5 Å². The minimum atomic E-state index is -1.10. The lowest BCUT2D eigenvalue weighted by Gasteiger charge is -2.50. The summed E-state index contributed by atoms with van der Waals surface area (Å²) in [4.78, 5) is 6.19. The lowest BCUT2D eigenvalue weighted by molar-refractivity contribution is -0.0887. The fourth-order valence-corrected chi connectivity index (χ4v) is 5.07. The minimum absolute atomic E-state index is 0.0713. The van der Waals surface area contributed by atoms with Crippen molar-refractivity contribution in [2.75, 3.05) is 7.05 Å². The van der Waals surface area contributed by atoms with E-state index in [1.165, 1.54) is 0 Å². The number of hydrogen-bond acceptors (Lipinski definition) is 6. The molecule has 8 heteroatoms. The summed E-state index contributed by atoms with van der Waals surface area (Å²) < 4.78 is 23.1. The van der Waals surface area contributed by atoms with Gasteiger partial charge in [-0.15, -0.1) is 10.2 Å². The molecular weight excluding hydrogens is 397 g/mol. The number of hydrogen-bond donors (Lipinski definition) is 1. The highest BCUT2D eigenvalue weighted by Gasteiger charge is 2.60. The second-order valence-electron chi connectivity index (χ2n) is 9.10. The summed E-state index contributed by atoms with van der Waals surface area (Å²) in [6.45, 7) is 4.15. The molecule has 162 valence electrons. The number of imidazole rings is 1. The van der Waals surface area contributed by atoms with Crippen LogP contribution >= 0.6 is 0 Å². The van der Waals surface area contributed by atoms with Crippen molar-refractivity contribution in [3.63, 3.8) is 0 Å². The minimum Gasteiger partial charge on any atom is -0.507 e. The molecule has 2 aliphatic rings. The Morgan fingerprint density at radius 3 is 2.68 bits per heavy atom. The average Bonchev–Trinajstić information content (AvgIpc) is 3.35. The summed E-state index contributed by atoms with van der Waals surface area (Å²) in [5.41, 5.74) is 1.27. The van der Waals surface area contributed by atoms with Gasteiger partial charge in [-0.3, -0.25) is 4.90 Å². The number of halogens is 1. The first-order chi connectivity index (χ1) is 14.8. The highest BCUT2D eigenvalue weighted by molar-refractivity contribution is 5.68. The van der Waals surface area contributed by atoms with E-state index in [1.54, 1.807) is 47.6 Å². The van der Waals surface area contributed by atoms with Gasteiger partial charge in [-0.05, 0) is 51.9 Å². The van der Waals surface area contributed by atoms with Crippen molar-refractivity contribution in [1.82, 2.24) is 24.6 Å². The first-order valence-electron chi connectivity index (χ1n) is 10.5. The van der Waals surface area contributed by atoms with Crippen LogP contribution in [0, 0.1) is 0 Å². The fourth-order valence-electron chi connectivity index (χ4n) is 5.07. The molecule has 3 aromatic rings. The molecule has 2 aromatic heterocycles. The van der Waals surface area contributed by atoms with Gasteiger partial charge in [0.15, 0.2) is 6.17 Å². The van der Waals surface area contributed by atoms with Crippen LogP contribution in [-0.2, 0) is 0 Å². The molecule has 5 rings (SSSR count). The molecule has 7 nitrogen and oxygen atoms in total. The lowest BCUT2D eigenvalue weighted by atomic mass is 9.82. The van der Waals surface area contributed by atoms with Crippen LogP contribution < -0.4 is 4.74 Å². The van der Waals surface area contributed by atoms with E-state index in [0.29, 0.717) is 23.6 Å². The summed E-state index contributed by atoms with van der Waals surface area (Å²) >= 11 is 0. The maximum Gasteiger partial charge on any atom is 0.233 e. The Hall–Kier alpha value is -3.00. The second kappa shape index (κ2) is 7.02. The van der Waals surface area contributed by atoms with Crippen LogP contribution in [0.4, 0.5) is 4.39 Å². The standard InChI is InChI=1S/C23H26FN5O2/c1-22-8-9-23(2,28(22)3)21(24)19(13-22)31-20-7-6-17(26-27-20)16-5-4-15(12-18(16)30)29-11-10-25-14-29/h4-7,10-12,14,19,21,30H,8-9,13H2,1-3H3/t19-,21+,22-,23+/m0/s1. The molecular formula is C23H26FN5O2. The van der Waals surface area contributed by atoms with Gasteiger partial charge in [0.25, 0.3) is 0 Å². The third kappa shape index (κ3) is 3.17. The molecule has 4 heterocycles. The Morgan fingerprint density at radius 1 is 1.16 bits per heavy atom. The number of fused-ring (bicyclic) bond motifs is 2. The molecule has 0 saturated carbocycles. The number of phenolic OH excluding ortho intramolecular Hbond substituents is 1. The number of aromatic hydroxyl groups is 1. The summed E-state index contributed by atoms with van der Waals surface area (Å²) in [7, 11) is 2.01. The third-order valence-electron chi connectivity index (χ3n) is 7.28. The Balaban J connectivity index is 1.34. The molecule has 1 aromatic carbocycles. The fraction of sp³-hybridized carbons (Fsp3) is 0.435. The van der Waals surface area contributed by atoms with Crippen LogP contribution in [-0.4, -0.2) is 60.2 Å². The zero-order valence-corrected chi connectivity index (χ0v) is 17.9. The number of rotatable bonds is 4. The number of piperidine rings is 1. The Labute approximate surface area is 180 Å². The number of ether oxygens (including phenoxy) is 1. The Morgan fingerprint density at radius 2 is 2.00 bits per heavy atom. The highest BCUT2D eigenvalue weighted by Crippen LogP contribution is 2.51. The Kier molecular flexibility index (Phi) is 4.51. The maximum absolute atomic E-state index is 15.3. The zero-order chi connectivity index (χ0) is 21.8. The summed E-state index contributed by atoms with van der Waals surface area (Å²) in [6, 6.07) is 8.71. The summed E-state index contributed by atoms with van der Waals surface area (Å²) in [5.74, 6) is 0.382. The monoisotopic (exact) mass is 423 g/mol. The van der Waals surface area contributed by atoms with Gasteiger partial charge in [-0.1, -0.05) is 0 Å². The SMILES string of the molecule is CN1[C@@]2(C)CC[C@]1(C)[C@H](F)[C@@H](Oc1ccc(-c3ccc(-n4ccnc4)cc3O)nn1)C2. The molecule has 4 atom stereocenters. The van der Waals surface area contributed by atoms with Crippen molar-refractivity contribution < 1.29 is 14.2 Å². The van der Waals surface area contributed by atoms with Crippen LogP contribution in [0.2, 0.25) is 0 Å². The van der Waals surface area contributed by atoms with Crippen molar-refractivity contribution in [1.29, 1.82) is 0 Å². The number of benzene rings is 1. The molecule has 0 aliphatic carbocycles. The van der Waals surface area contributed by atoms with Gasteiger partial charge in [0.2, 0.25) is 5.88 Å². The Bertz CT molecular complexity index is 1090. The molecule has 0 radical (unpaired) electrons. The molecule has 1 N–H and O–H groups in total. The molecule has 2 fully saturated rings. The first-order valence-corrected chi connectivity index (χ1v) is 10.5. The summed E-state index contributed by atoms with van der Waals surface area (Å²) in [5, 5.41) is 18.8. The maximum atomic E-state index is 15.3. The number of phenols is 1. The highest BCUT2D eigenvalue weighted by atomic mass is 19.1. The second-order valence-corrected chi connectivity index (χ2v) is 9.10. The molecule has 2 bridgehead atoms. The number of nitrogens with zero attached hydrogens (tertiary/aromatic N) is 5. The van der Waals surface area contributed by atoms with Crippen LogP contribution in [0.5, 0.6) is 11.6 Å². The first kappa shape index (κ1) is 19.9. The smallest absolute Gasteiger partial charge is 0.233 e. The third-order valence-corrected chi connectivity index (χ3v) is 7.28. The van der Waals surface area contributed by atoms with E-state index in [4.69, 9.17) is 4.74 Å². The van der Waals surface area contributed by atoms with E-state index in [1.807, 2.05) is 20.0 Å². The molecule has 0 unspecified atom stereocenters. The zero-order valence-electron chi connectivity index (χ0n) is 17.9.